The number of rotatable bonds is 0. The fraction of sp³-hybridized carbons (Fsp3) is 0.889. The molecule has 0 aromatic heterocycles. The van der Waals surface area contributed by atoms with Crippen molar-refractivity contribution in [2.75, 3.05) is 0 Å². The topological polar surface area (TPSA) is 70.5 Å². The highest BCUT2D eigenvalue weighted by Gasteiger charge is 2.22. The van der Waals surface area contributed by atoms with Gasteiger partial charge in [0.1, 0.15) is 11.2 Å². The van der Waals surface area contributed by atoms with Crippen LogP contribution in [0.5, 0.6) is 0 Å². The predicted molar refractivity (Wildman–Crippen MR) is 52.1 cm³/mol. The van der Waals surface area contributed by atoms with Crippen molar-refractivity contribution in [3.8, 4) is 0 Å². The average Bonchev–Trinajstić information content (AvgIpc) is 1.49. The van der Waals surface area contributed by atoms with Gasteiger partial charge in [-0.05, 0) is 41.5 Å². The molecule has 0 radical (unpaired) electrons. The molecule has 0 saturated heterocycles. The van der Waals surface area contributed by atoms with Crippen molar-refractivity contribution < 1.29 is 14.3 Å². The number of carbonyl (C=O) groups is 1. The summed E-state index contributed by atoms with van der Waals surface area (Å²) in [7, 11) is 0. The van der Waals surface area contributed by atoms with E-state index in [2.05, 4.69) is 0 Å². The Morgan fingerprint density at radius 3 is 1.23 bits per heavy atom. The smallest absolute Gasteiger partial charge is 0.429 e. The highest BCUT2D eigenvalue weighted by atomic mass is 16.7. The van der Waals surface area contributed by atoms with E-state index in [1.165, 1.54) is 0 Å². The first-order chi connectivity index (χ1) is 5.10. The monoisotopic (exact) mass is 191 g/mol. The van der Waals surface area contributed by atoms with Crippen LogP contribution >= 0.6 is 0 Å². The van der Waals surface area contributed by atoms with Gasteiger partial charge in [-0.3, -0.25) is 0 Å². The van der Waals surface area contributed by atoms with Crippen molar-refractivity contribution in [1.29, 1.82) is 0 Å². The van der Waals surface area contributed by atoms with Crippen molar-refractivity contribution in [2.24, 2.45) is 0 Å². The first-order valence-electron chi connectivity index (χ1n) is 4.02. The maximum atomic E-state index is 11.0. The van der Waals surface area contributed by atoms with E-state index in [4.69, 9.17) is 9.47 Å². The molecule has 0 unspecified atom stereocenters. The molecule has 0 rings (SSSR count). The van der Waals surface area contributed by atoms with Crippen molar-refractivity contribution in [1.82, 2.24) is 6.15 Å². The Balaban J connectivity index is 0. The van der Waals surface area contributed by atoms with E-state index < -0.39 is 17.4 Å². The van der Waals surface area contributed by atoms with Gasteiger partial charge in [-0.2, -0.15) is 0 Å². The van der Waals surface area contributed by atoms with Crippen LogP contribution in [0.25, 0.3) is 0 Å². The normalized spacial score (nSPS) is 11.5. The summed E-state index contributed by atoms with van der Waals surface area (Å²) in [5.41, 5.74) is -0.968. The molecule has 0 saturated carbocycles. The van der Waals surface area contributed by atoms with Gasteiger partial charge in [0.05, 0.1) is 0 Å². The quantitative estimate of drug-likeness (QED) is 0.597. The third-order valence-corrected chi connectivity index (χ3v) is 0.779. The fourth-order valence-electron chi connectivity index (χ4n) is 0.521. The third-order valence-electron chi connectivity index (χ3n) is 0.779. The molecule has 80 valence electrons. The number of ether oxygens (including phenoxy) is 2. The van der Waals surface area contributed by atoms with Crippen LogP contribution in [0.15, 0.2) is 0 Å². The van der Waals surface area contributed by atoms with E-state index in [9.17, 15) is 4.79 Å². The minimum Gasteiger partial charge on any atom is -0.429 e. The van der Waals surface area contributed by atoms with Crippen molar-refractivity contribution >= 4 is 6.16 Å². The minimum absolute atomic E-state index is 0. The van der Waals surface area contributed by atoms with Crippen LogP contribution in [-0.2, 0) is 9.47 Å². The second-order valence-electron chi connectivity index (χ2n) is 4.68. The Bertz CT molecular complexity index is 147. The number of hydrogen-bond acceptors (Lipinski definition) is 4. The van der Waals surface area contributed by atoms with E-state index in [0.29, 0.717) is 0 Å². The van der Waals surface area contributed by atoms with Crippen LogP contribution in [0.3, 0.4) is 0 Å². The molecule has 0 heterocycles. The predicted octanol–water partition coefficient (Wildman–Crippen LogP) is 2.90. The Morgan fingerprint density at radius 2 is 1.08 bits per heavy atom. The summed E-state index contributed by atoms with van der Waals surface area (Å²) in [4.78, 5) is 11.0. The van der Waals surface area contributed by atoms with E-state index in [0.717, 1.165) is 0 Å². The van der Waals surface area contributed by atoms with Gasteiger partial charge in [0.2, 0.25) is 0 Å². The summed E-state index contributed by atoms with van der Waals surface area (Å²) in [5, 5.41) is 0. The van der Waals surface area contributed by atoms with Gasteiger partial charge in [-0.1, -0.05) is 0 Å². The van der Waals surface area contributed by atoms with E-state index in [-0.39, 0.29) is 6.15 Å². The van der Waals surface area contributed by atoms with E-state index >= 15 is 0 Å². The lowest BCUT2D eigenvalue weighted by molar-refractivity contribution is -0.0468. The summed E-state index contributed by atoms with van der Waals surface area (Å²) >= 11 is 0. The lowest BCUT2D eigenvalue weighted by atomic mass is 10.2. The Morgan fingerprint density at radius 1 is 0.846 bits per heavy atom. The van der Waals surface area contributed by atoms with Crippen molar-refractivity contribution in [3.63, 3.8) is 0 Å². The van der Waals surface area contributed by atoms with Crippen LogP contribution in [-0.4, -0.2) is 17.4 Å². The Hall–Kier alpha value is -0.770. The van der Waals surface area contributed by atoms with Crippen LogP contribution in [0, 0.1) is 0 Å². The van der Waals surface area contributed by atoms with Crippen LogP contribution in [0.4, 0.5) is 4.79 Å². The molecule has 0 bridgehead atoms. The molecule has 13 heavy (non-hydrogen) atoms. The maximum Gasteiger partial charge on any atom is 0.509 e. The molecule has 0 atom stereocenters. The SMILES string of the molecule is CC(C)(C)OC(=O)OC(C)(C)C.N. The Kier molecular flexibility index (Phi) is 5.06. The summed E-state index contributed by atoms with van der Waals surface area (Å²) in [6.07, 6.45) is -0.616. The molecule has 0 aliphatic heterocycles. The summed E-state index contributed by atoms with van der Waals surface area (Å²) in [6.45, 7) is 10.8. The van der Waals surface area contributed by atoms with E-state index in [1.54, 1.807) is 41.5 Å². The van der Waals surface area contributed by atoms with Crippen LogP contribution in [0.1, 0.15) is 41.5 Å². The molecule has 0 amide bonds. The molecule has 0 aromatic rings. The molecule has 4 nitrogen and oxygen atoms in total. The second-order valence-corrected chi connectivity index (χ2v) is 4.68. The average molecular weight is 191 g/mol. The first kappa shape index (κ1) is 14.7. The highest BCUT2D eigenvalue weighted by Crippen LogP contribution is 2.13. The van der Waals surface area contributed by atoms with Crippen molar-refractivity contribution in [3.05, 3.63) is 0 Å². The molecule has 0 spiro atoms. The molecular formula is C9H21NO3. The molecule has 3 N–H and O–H groups in total. The molecule has 0 aliphatic carbocycles. The zero-order valence-corrected chi connectivity index (χ0v) is 9.43. The summed E-state index contributed by atoms with van der Waals surface area (Å²) < 4.78 is 9.91. The zero-order valence-electron chi connectivity index (χ0n) is 9.43. The van der Waals surface area contributed by atoms with Gasteiger partial charge >= 0.3 is 6.16 Å². The first-order valence-corrected chi connectivity index (χ1v) is 4.02. The van der Waals surface area contributed by atoms with Gasteiger partial charge < -0.3 is 15.6 Å². The maximum absolute atomic E-state index is 11.0. The molecule has 4 heteroatoms. The third kappa shape index (κ3) is 11.2. The lowest BCUT2D eigenvalue weighted by Gasteiger charge is -2.24. The summed E-state index contributed by atoms with van der Waals surface area (Å²) in [6, 6.07) is 0. The highest BCUT2D eigenvalue weighted by molar-refractivity contribution is 5.61. The lowest BCUT2D eigenvalue weighted by Crippen LogP contribution is -2.30. The van der Waals surface area contributed by atoms with Gasteiger partial charge in [-0.25, -0.2) is 4.79 Å². The van der Waals surface area contributed by atoms with E-state index in [1.807, 2.05) is 0 Å². The van der Waals surface area contributed by atoms with Gasteiger partial charge in [-0.15, -0.1) is 0 Å². The van der Waals surface area contributed by atoms with Crippen LogP contribution < -0.4 is 6.15 Å². The van der Waals surface area contributed by atoms with Crippen molar-refractivity contribution in [2.45, 2.75) is 52.7 Å². The minimum atomic E-state index is -0.616. The largest absolute Gasteiger partial charge is 0.509 e. The second kappa shape index (κ2) is 4.46. The number of hydrogen-bond donors (Lipinski definition) is 1. The Labute approximate surface area is 80.2 Å². The summed E-state index contributed by atoms with van der Waals surface area (Å²) in [5.74, 6) is 0. The molecule has 0 fully saturated rings. The van der Waals surface area contributed by atoms with Gasteiger partial charge in [0, 0.05) is 0 Å². The van der Waals surface area contributed by atoms with Crippen LogP contribution in [0.2, 0.25) is 0 Å². The van der Waals surface area contributed by atoms with Gasteiger partial charge in [0.15, 0.2) is 0 Å². The molecular weight excluding hydrogens is 170 g/mol. The fourth-order valence-corrected chi connectivity index (χ4v) is 0.521. The zero-order chi connectivity index (χ0) is 9.99. The number of carbonyl (C=O) groups excluding carboxylic acids is 1. The molecule has 0 aliphatic rings. The molecule has 0 aromatic carbocycles. The standard InChI is InChI=1S/C9H18O3.H3N/c1-8(2,3)11-7(10)12-9(4,5)6;/h1-6H3;1H3. The van der Waals surface area contributed by atoms with Gasteiger partial charge in [0.25, 0.3) is 0 Å².